The molecule has 0 bridgehead atoms. The summed E-state index contributed by atoms with van der Waals surface area (Å²) in [6.45, 7) is 4.37. The Balaban J connectivity index is 1.35. The first-order valence-corrected chi connectivity index (χ1v) is 10.4. The third-order valence-electron chi connectivity index (χ3n) is 4.73. The van der Waals surface area contributed by atoms with Gasteiger partial charge in [-0.2, -0.15) is 0 Å². The molecule has 4 rings (SSSR count). The monoisotopic (exact) mass is 414 g/mol. The molecule has 0 saturated carbocycles. The van der Waals surface area contributed by atoms with E-state index in [1.54, 1.807) is 0 Å². The number of hydrogen-bond donors (Lipinski definition) is 2. The molecule has 4 aromatic rings. The van der Waals surface area contributed by atoms with Crippen LogP contribution in [0.3, 0.4) is 0 Å². The molecule has 2 N–H and O–H groups in total. The minimum absolute atomic E-state index is 0.429. The van der Waals surface area contributed by atoms with E-state index in [1.807, 2.05) is 72.1 Å². The van der Waals surface area contributed by atoms with Crippen LogP contribution in [-0.4, -0.2) is 40.3 Å². The summed E-state index contributed by atoms with van der Waals surface area (Å²) in [5, 5.41) is 15.0. The molecule has 31 heavy (non-hydrogen) atoms. The Morgan fingerprint density at radius 1 is 0.935 bits per heavy atom. The fraction of sp³-hybridized carbons (Fsp3) is 0.208. The van der Waals surface area contributed by atoms with Crippen LogP contribution in [0.1, 0.15) is 12.7 Å². The van der Waals surface area contributed by atoms with Crippen LogP contribution >= 0.6 is 0 Å². The maximum Gasteiger partial charge on any atom is 0.191 e. The summed E-state index contributed by atoms with van der Waals surface area (Å²) in [7, 11) is 0. The SMILES string of the molecule is CCNC(=NCc1nnc2ccccn12)NCCOc1ccccc1-c1ccccc1. The van der Waals surface area contributed by atoms with Gasteiger partial charge in [0.15, 0.2) is 17.4 Å². The van der Waals surface area contributed by atoms with Crippen LogP contribution in [-0.2, 0) is 6.54 Å². The van der Waals surface area contributed by atoms with Gasteiger partial charge in [0.2, 0.25) is 0 Å². The van der Waals surface area contributed by atoms with Crippen LogP contribution in [0, 0.1) is 0 Å². The first-order valence-electron chi connectivity index (χ1n) is 10.4. The summed E-state index contributed by atoms with van der Waals surface area (Å²) in [5.41, 5.74) is 3.04. The number of nitrogens with one attached hydrogen (secondary N) is 2. The van der Waals surface area contributed by atoms with Crippen molar-refractivity contribution in [1.82, 2.24) is 25.2 Å². The summed E-state index contributed by atoms with van der Waals surface area (Å²) in [6, 6.07) is 24.2. The maximum atomic E-state index is 6.06. The topological polar surface area (TPSA) is 75.8 Å². The van der Waals surface area contributed by atoms with Gasteiger partial charge in [-0.15, -0.1) is 10.2 Å². The molecule has 0 fully saturated rings. The van der Waals surface area contributed by atoms with E-state index < -0.39 is 0 Å². The average Bonchev–Trinajstić information content (AvgIpc) is 3.24. The van der Waals surface area contributed by atoms with Crippen molar-refractivity contribution in [2.75, 3.05) is 19.7 Å². The summed E-state index contributed by atoms with van der Waals surface area (Å²) in [5.74, 6) is 2.38. The molecule has 7 heteroatoms. The molecule has 2 aromatic carbocycles. The molecule has 0 radical (unpaired) electrons. The molecule has 158 valence electrons. The Morgan fingerprint density at radius 2 is 1.74 bits per heavy atom. The zero-order valence-electron chi connectivity index (χ0n) is 17.5. The van der Waals surface area contributed by atoms with Crippen molar-refractivity contribution in [1.29, 1.82) is 0 Å². The molecule has 0 aliphatic heterocycles. The van der Waals surface area contributed by atoms with Gasteiger partial charge in [0.1, 0.15) is 18.9 Å². The molecule has 0 amide bonds. The summed E-state index contributed by atoms with van der Waals surface area (Å²) < 4.78 is 8.00. The third-order valence-corrected chi connectivity index (χ3v) is 4.73. The Hall–Kier alpha value is -3.87. The standard InChI is InChI=1S/C24H26N6O/c1-2-25-24(27-18-23-29-28-22-14-8-9-16-30(22)23)26-15-17-31-21-13-7-6-12-20(21)19-10-4-3-5-11-19/h3-14,16H,2,15,17-18H2,1H3,(H2,25,26,27). The van der Waals surface area contributed by atoms with Crippen molar-refractivity contribution in [2.45, 2.75) is 13.5 Å². The highest BCUT2D eigenvalue weighted by Gasteiger charge is 2.07. The van der Waals surface area contributed by atoms with Crippen LogP contribution in [0.4, 0.5) is 0 Å². The highest BCUT2D eigenvalue weighted by atomic mass is 16.5. The second-order valence-electron chi connectivity index (χ2n) is 6.88. The third kappa shape index (κ3) is 5.19. The lowest BCUT2D eigenvalue weighted by atomic mass is 10.1. The van der Waals surface area contributed by atoms with Crippen molar-refractivity contribution in [3.05, 3.63) is 84.8 Å². The largest absolute Gasteiger partial charge is 0.491 e. The van der Waals surface area contributed by atoms with Gasteiger partial charge in [-0.1, -0.05) is 54.6 Å². The number of hydrogen-bond acceptors (Lipinski definition) is 4. The van der Waals surface area contributed by atoms with Crippen molar-refractivity contribution in [3.8, 4) is 16.9 Å². The van der Waals surface area contributed by atoms with Gasteiger partial charge in [0.05, 0.1) is 6.54 Å². The lowest BCUT2D eigenvalue weighted by molar-refractivity contribution is 0.323. The van der Waals surface area contributed by atoms with E-state index >= 15 is 0 Å². The molecule has 2 aromatic heterocycles. The minimum atomic E-state index is 0.429. The fourth-order valence-electron chi connectivity index (χ4n) is 3.27. The normalized spacial score (nSPS) is 11.5. The summed E-state index contributed by atoms with van der Waals surface area (Å²) >= 11 is 0. The molecular weight excluding hydrogens is 388 g/mol. The Morgan fingerprint density at radius 3 is 2.61 bits per heavy atom. The molecule has 7 nitrogen and oxygen atoms in total. The second kappa shape index (κ2) is 10.2. The predicted molar refractivity (Wildman–Crippen MR) is 123 cm³/mol. The molecule has 0 unspecified atom stereocenters. The zero-order chi connectivity index (χ0) is 21.3. The Labute approximate surface area is 181 Å². The van der Waals surface area contributed by atoms with Crippen molar-refractivity contribution >= 4 is 11.6 Å². The van der Waals surface area contributed by atoms with Crippen molar-refractivity contribution in [2.24, 2.45) is 4.99 Å². The lowest BCUT2D eigenvalue weighted by Gasteiger charge is -2.14. The van der Waals surface area contributed by atoms with E-state index in [-0.39, 0.29) is 0 Å². The number of nitrogens with zero attached hydrogens (tertiary/aromatic N) is 4. The van der Waals surface area contributed by atoms with Gasteiger partial charge in [0, 0.05) is 18.3 Å². The fourth-order valence-corrected chi connectivity index (χ4v) is 3.27. The molecule has 2 heterocycles. The number of benzene rings is 2. The first kappa shape index (κ1) is 20.4. The van der Waals surface area contributed by atoms with Gasteiger partial charge >= 0.3 is 0 Å². The number of rotatable bonds is 8. The van der Waals surface area contributed by atoms with Gasteiger partial charge < -0.3 is 15.4 Å². The molecule has 0 saturated heterocycles. The van der Waals surface area contributed by atoms with Gasteiger partial charge in [0.25, 0.3) is 0 Å². The second-order valence-corrected chi connectivity index (χ2v) is 6.88. The van der Waals surface area contributed by atoms with Crippen LogP contribution in [0.2, 0.25) is 0 Å². The van der Waals surface area contributed by atoms with Gasteiger partial charge in [-0.25, -0.2) is 4.99 Å². The van der Waals surface area contributed by atoms with E-state index in [2.05, 4.69) is 44.0 Å². The Bertz CT molecular complexity index is 1140. The van der Waals surface area contributed by atoms with Crippen molar-refractivity contribution < 1.29 is 4.74 Å². The smallest absolute Gasteiger partial charge is 0.191 e. The van der Waals surface area contributed by atoms with Crippen LogP contribution in [0.15, 0.2) is 84.0 Å². The van der Waals surface area contributed by atoms with E-state index in [1.165, 1.54) is 0 Å². The molecule has 0 aliphatic carbocycles. The predicted octanol–water partition coefficient (Wildman–Crippen LogP) is 3.53. The molecular formula is C24H26N6O. The molecule has 0 spiro atoms. The number of aliphatic imine (C=N–C) groups is 1. The average molecular weight is 415 g/mol. The quantitative estimate of drug-likeness (QED) is 0.262. The molecule has 0 atom stereocenters. The molecule has 0 aliphatic rings. The number of aromatic nitrogens is 3. The summed E-state index contributed by atoms with van der Waals surface area (Å²) in [6.07, 6.45) is 1.94. The van der Waals surface area contributed by atoms with E-state index in [4.69, 9.17) is 4.74 Å². The number of fused-ring (bicyclic) bond motifs is 1. The zero-order valence-corrected chi connectivity index (χ0v) is 17.5. The number of para-hydroxylation sites is 1. The van der Waals surface area contributed by atoms with Crippen LogP contribution in [0.25, 0.3) is 16.8 Å². The maximum absolute atomic E-state index is 6.06. The number of ether oxygens (including phenoxy) is 1. The van der Waals surface area contributed by atoms with Crippen LogP contribution in [0.5, 0.6) is 5.75 Å². The van der Waals surface area contributed by atoms with Crippen LogP contribution < -0.4 is 15.4 Å². The van der Waals surface area contributed by atoms with E-state index in [9.17, 15) is 0 Å². The summed E-state index contributed by atoms with van der Waals surface area (Å²) in [4.78, 5) is 4.63. The highest BCUT2D eigenvalue weighted by Crippen LogP contribution is 2.29. The highest BCUT2D eigenvalue weighted by molar-refractivity contribution is 5.79. The van der Waals surface area contributed by atoms with Gasteiger partial charge in [-0.3, -0.25) is 4.40 Å². The Kier molecular flexibility index (Phi) is 6.74. The number of guanidine groups is 1. The van der Waals surface area contributed by atoms with Gasteiger partial charge in [-0.05, 0) is 30.7 Å². The lowest BCUT2D eigenvalue weighted by Crippen LogP contribution is -2.39. The number of pyridine rings is 1. The first-order chi connectivity index (χ1) is 15.3. The van der Waals surface area contributed by atoms with E-state index in [0.717, 1.165) is 40.9 Å². The van der Waals surface area contributed by atoms with Crippen molar-refractivity contribution in [3.63, 3.8) is 0 Å². The van der Waals surface area contributed by atoms with E-state index in [0.29, 0.717) is 19.7 Å². The minimum Gasteiger partial charge on any atom is -0.491 e.